The van der Waals surface area contributed by atoms with Crippen molar-refractivity contribution in [3.8, 4) is 0 Å². The molecule has 0 aliphatic rings. The van der Waals surface area contributed by atoms with Gasteiger partial charge in [0, 0.05) is 24.3 Å². The molecule has 0 aliphatic heterocycles. The molecule has 0 aliphatic carbocycles. The minimum Gasteiger partial charge on any atom is -0.744 e. The molecule has 0 unspecified atom stereocenters. The Morgan fingerprint density at radius 1 is 0.914 bits per heavy atom. The number of nitrogens with two attached hydrogens (primary N) is 1. The Kier molecular flexibility index (Phi) is 12.9. The van der Waals surface area contributed by atoms with Gasteiger partial charge in [-0.2, -0.15) is 10.2 Å². The molecule has 1 atom stereocenters. The first kappa shape index (κ1) is 29.4. The Bertz CT molecular complexity index is 1130. The van der Waals surface area contributed by atoms with Crippen LogP contribution in [0.1, 0.15) is 32.4 Å². The summed E-state index contributed by atoms with van der Waals surface area (Å²) >= 11 is 0. The predicted molar refractivity (Wildman–Crippen MR) is 136 cm³/mol. The maximum atomic E-state index is 10.7. The third-order valence-electron chi connectivity index (χ3n) is 4.63. The lowest BCUT2D eigenvalue weighted by molar-refractivity contribution is -0.420. The van der Waals surface area contributed by atoms with Gasteiger partial charge in [0.1, 0.15) is 16.2 Å². The van der Waals surface area contributed by atoms with Crippen LogP contribution in [-0.2, 0) is 14.9 Å². The van der Waals surface area contributed by atoms with Crippen LogP contribution in [0.3, 0.4) is 0 Å². The van der Waals surface area contributed by atoms with E-state index in [1.54, 1.807) is 29.2 Å². The van der Waals surface area contributed by atoms with Crippen molar-refractivity contribution >= 4 is 33.6 Å². The van der Waals surface area contributed by atoms with Gasteiger partial charge in [-0.15, -0.1) is 0 Å². The smallest absolute Gasteiger partial charge is 0.209 e. The summed E-state index contributed by atoms with van der Waals surface area (Å²) in [5.41, 5.74) is 12.4. The molecule has 0 bridgehead atoms. The fraction of sp³-hybridized carbons (Fsp3) is 0.240. The number of hydrogen-bond donors (Lipinski definition) is 2. The van der Waals surface area contributed by atoms with Gasteiger partial charge in [-0.05, 0) is 69.3 Å². The van der Waals surface area contributed by atoms with E-state index in [-0.39, 0.29) is 4.90 Å². The van der Waals surface area contributed by atoms with Crippen LogP contribution in [0.25, 0.3) is 0 Å². The molecule has 5 N–H and O–H groups in total. The second-order valence-electron chi connectivity index (χ2n) is 7.38. The summed E-state index contributed by atoms with van der Waals surface area (Å²) in [6, 6.07) is 22.7. The highest BCUT2D eigenvalue weighted by molar-refractivity contribution is 7.85. The standard InChI is InChI=1S/C12H11N3O3S.C8H11N.C5H11NO/c13-9-1-3-10(4-2-9)14-15-11-5-7-12(8-6-11)19(16,17)18;1-7(9)8-5-3-2-4-6-8;1-3-6(4-2)5-7/h1-8H,13H2,(H,16,17,18);2-7H,9H2,1H3;5H,3-4H2,1-2H3/t;7-;/m.1./s1. The Morgan fingerprint density at radius 3 is 1.69 bits per heavy atom. The topological polar surface area (TPSA) is 156 Å². The lowest BCUT2D eigenvalue weighted by Gasteiger charge is -2.08. The fourth-order valence-electron chi connectivity index (χ4n) is 2.49. The lowest BCUT2D eigenvalue weighted by atomic mass is 10.1. The zero-order valence-corrected chi connectivity index (χ0v) is 21.1. The van der Waals surface area contributed by atoms with Gasteiger partial charge in [-0.25, -0.2) is 8.42 Å². The second kappa shape index (κ2) is 15.3. The largest absolute Gasteiger partial charge is 0.744 e. The molecular formula is C25H33N5O4S. The van der Waals surface area contributed by atoms with E-state index in [1.807, 2.05) is 32.0 Å². The van der Waals surface area contributed by atoms with Gasteiger partial charge in [0.2, 0.25) is 6.41 Å². The Balaban J connectivity index is 0.000000317. The van der Waals surface area contributed by atoms with E-state index in [1.165, 1.54) is 29.8 Å². The van der Waals surface area contributed by atoms with Gasteiger partial charge >= 0.3 is 0 Å². The van der Waals surface area contributed by atoms with Crippen LogP contribution in [-0.4, -0.2) is 37.4 Å². The number of rotatable bonds is 7. The number of amides is 1. The van der Waals surface area contributed by atoms with Crippen molar-refractivity contribution in [1.82, 2.24) is 4.90 Å². The quantitative estimate of drug-likeness (QED) is 0.217. The summed E-state index contributed by atoms with van der Waals surface area (Å²) < 4.78 is 32.2. The Labute approximate surface area is 207 Å². The lowest BCUT2D eigenvalue weighted by Crippen LogP contribution is -2.51. The van der Waals surface area contributed by atoms with Gasteiger partial charge < -0.3 is 20.9 Å². The highest BCUT2D eigenvalue weighted by Gasteiger charge is 2.00. The molecule has 0 spiro atoms. The van der Waals surface area contributed by atoms with Crippen molar-refractivity contribution in [2.45, 2.75) is 31.7 Å². The Hall–Kier alpha value is -3.60. The molecule has 35 heavy (non-hydrogen) atoms. The first-order valence-electron chi connectivity index (χ1n) is 11.0. The van der Waals surface area contributed by atoms with Gasteiger partial charge in [0.25, 0.3) is 0 Å². The predicted octanol–water partition coefficient (Wildman–Crippen LogP) is 4.06. The summed E-state index contributed by atoms with van der Waals surface area (Å²) in [6.45, 7) is 7.64. The average molecular weight is 500 g/mol. The van der Waals surface area contributed by atoms with Crippen molar-refractivity contribution in [1.29, 1.82) is 0 Å². The van der Waals surface area contributed by atoms with Gasteiger partial charge in [-0.1, -0.05) is 30.3 Å². The maximum absolute atomic E-state index is 10.7. The van der Waals surface area contributed by atoms with E-state index in [2.05, 4.69) is 35.0 Å². The first-order valence-corrected chi connectivity index (χ1v) is 12.4. The van der Waals surface area contributed by atoms with Crippen molar-refractivity contribution < 1.29 is 23.5 Å². The van der Waals surface area contributed by atoms with Crippen LogP contribution in [0.4, 0.5) is 17.1 Å². The average Bonchev–Trinajstić information content (AvgIpc) is 2.86. The highest BCUT2D eigenvalue weighted by atomic mass is 32.2. The van der Waals surface area contributed by atoms with Gasteiger partial charge in [0.05, 0.1) is 16.3 Å². The molecule has 0 heterocycles. The maximum Gasteiger partial charge on any atom is 0.209 e. The molecule has 1 amide bonds. The normalized spacial score (nSPS) is 11.5. The van der Waals surface area contributed by atoms with E-state index in [4.69, 9.17) is 5.73 Å². The zero-order valence-electron chi connectivity index (χ0n) is 20.2. The number of nitrogen functional groups attached to an aromatic ring is 1. The molecule has 0 saturated heterocycles. The number of carbonyl (C=O) groups excluding carboxylic acids is 1. The SMILES string of the molecule is CCN(C=O)CC.C[C@@H]([NH3+])c1ccccc1.Nc1ccc(N=Nc2ccc(S(=O)(=O)[O-])cc2)cc1. The number of quaternary nitrogens is 1. The monoisotopic (exact) mass is 499 g/mol. The number of benzene rings is 3. The van der Waals surface area contributed by atoms with Crippen LogP contribution < -0.4 is 11.5 Å². The van der Waals surface area contributed by atoms with Crippen LogP contribution in [0.5, 0.6) is 0 Å². The van der Waals surface area contributed by atoms with Crippen molar-refractivity contribution in [2.24, 2.45) is 10.2 Å². The summed E-state index contributed by atoms with van der Waals surface area (Å²) in [6.07, 6.45) is 0.861. The van der Waals surface area contributed by atoms with Crippen LogP contribution in [0.15, 0.2) is 94.0 Å². The van der Waals surface area contributed by atoms with Crippen LogP contribution in [0, 0.1) is 0 Å². The molecule has 10 heteroatoms. The molecule has 3 aromatic carbocycles. The summed E-state index contributed by atoms with van der Waals surface area (Å²) in [5, 5.41) is 7.87. The molecule has 3 rings (SSSR count). The summed E-state index contributed by atoms with van der Waals surface area (Å²) in [5.74, 6) is 0. The van der Waals surface area contributed by atoms with Crippen molar-refractivity contribution in [3.63, 3.8) is 0 Å². The number of nitrogens with zero attached hydrogens (tertiary/aromatic N) is 3. The minimum atomic E-state index is -4.43. The molecule has 0 saturated carbocycles. The third-order valence-corrected chi connectivity index (χ3v) is 5.48. The van der Waals surface area contributed by atoms with E-state index < -0.39 is 10.1 Å². The van der Waals surface area contributed by atoms with Crippen molar-refractivity contribution in [2.75, 3.05) is 18.8 Å². The third kappa shape index (κ3) is 11.9. The minimum absolute atomic E-state index is 0.293. The van der Waals surface area contributed by atoms with Gasteiger partial charge in [0.15, 0.2) is 0 Å². The van der Waals surface area contributed by atoms with E-state index in [9.17, 15) is 17.8 Å². The molecule has 188 valence electrons. The zero-order chi connectivity index (χ0) is 26.3. The Morgan fingerprint density at radius 2 is 1.37 bits per heavy atom. The molecule has 3 aromatic rings. The van der Waals surface area contributed by atoms with Crippen LogP contribution >= 0.6 is 0 Å². The van der Waals surface area contributed by atoms with E-state index >= 15 is 0 Å². The molecule has 0 radical (unpaired) electrons. The van der Waals surface area contributed by atoms with E-state index in [0.29, 0.717) is 23.1 Å². The first-order chi connectivity index (χ1) is 16.6. The number of azo groups is 1. The highest BCUT2D eigenvalue weighted by Crippen LogP contribution is 2.20. The number of anilines is 1. The number of hydrogen-bond acceptors (Lipinski definition) is 7. The fourth-order valence-corrected chi connectivity index (χ4v) is 2.96. The molecule has 0 aromatic heterocycles. The van der Waals surface area contributed by atoms with E-state index in [0.717, 1.165) is 19.5 Å². The number of carbonyl (C=O) groups is 1. The summed E-state index contributed by atoms with van der Waals surface area (Å²) in [7, 11) is -4.43. The second-order valence-corrected chi connectivity index (χ2v) is 8.76. The van der Waals surface area contributed by atoms with Gasteiger partial charge in [-0.3, -0.25) is 4.79 Å². The van der Waals surface area contributed by atoms with Crippen molar-refractivity contribution in [3.05, 3.63) is 84.4 Å². The molecule has 9 nitrogen and oxygen atoms in total. The molecule has 0 fully saturated rings. The summed E-state index contributed by atoms with van der Waals surface area (Å²) in [4.78, 5) is 11.3. The van der Waals surface area contributed by atoms with Crippen LogP contribution in [0.2, 0.25) is 0 Å². The molecular weight excluding hydrogens is 466 g/mol.